The number of halogens is 1. The Morgan fingerprint density at radius 1 is 1.06 bits per heavy atom. The molecular weight excluding hydrogens is 446 g/mol. The molecule has 3 amide bonds. The average Bonchev–Trinajstić information content (AvgIpc) is 3.18. The van der Waals surface area contributed by atoms with Crippen molar-refractivity contribution in [2.45, 2.75) is 13.8 Å². The van der Waals surface area contributed by atoms with Gasteiger partial charge in [0.2, 0.25) is 5.91 Å². The van der Waals surface area contributed by atoms with Gasteiger partial charge in [-0.2, -0.15) is 0 Å². The first-order chi connectivity index (χ1) is 15.3. The lowest BCUT2D eigenvalue weighted by atomic mass is 10.2. The summed E-state index contributed by atoms with van der Waals surface area (Å²) >= 11 is 6.76. The Labute approximate surface area is 194 Å². The van der Waals surface area contributed by atoms with E-state index in [9.17, 15) is 14.4 Å². The van der Waals surface area contributed by atoms with Crippen LogP contribution in [0.3, 0.4) is 0 Å². The van der Waals surface area contributed by atoms with E-state index in [1.54, 1.807) is 30.3 Å². The van der Waals surface area contributed by atoms with Crippen molar-refractivity contribution in [3.63, 3.8) is 0 Å². The number of anilines is 1. The van der Waals surface area contributed by atoms with Gasteiger partial charge in [-0.25, -0.2) is 0 Å². The topological polar surface area (TPSA) is 71.4 Å². The lowest BCUT2D eigenvalue weighted by Crippen LogP contribution is -2.36. The van der Waals surface area contributed by atoms with Gasteiger partial charge < -0.3 is 9.88 Å². The number of rotatable bonds is 5. The van der Waals surface area contributed by atoms with Gasteiger partial charge in [-0.15, -0.1) is 0 Å². The lowest BCUT2D eigenvalue weighted by Gasteiger charge is -2.12. The van der Waals surface area contributed by atoms with E-state index < -0.39 is 17.1 Å². The highest BCUT2D eigenvalue weighted by Crippen LogP contribution is 2.33. The summed E-state index contributed by atoms with van der Waals surface area (Å²) < 4.78 is 2.09. The number of carbonyl (C=O) groups excluding carboxylic acids is 3. The molecule has 4 rings (SSSR count). The molecule has 0 bridgehead atoms. The third kappa shape index (κ3) is 4.49. The van der Waals surface area contributed by atoms with Crippen molar-refractivity contribution in [2.24, 2.45) is 0 Å². The zero-order chi connectivity index (χ0) is 22.8. The SMILES string of the molecule is Cc1cc(/C=C2/SC(=O)N(CC(=O)Nc3cccc(Cl)c3)C2=O)c(C)n1-c1ccccc1. The summed E-state index contributed by atoms with van der Waals surface area (Å²) in [6, 6.07) is 18.5. The van der Waals surface area contributed by atoms with Gasteiger partial charge in [0.25, 0.3) is 11.1 Å². The molecule has 0 saturated carbocycles. The van der Waals surface area contributed by atoms with E-state index in [-0.39, 0.29) is 6.54 Å². The van der Waals surface area contributed by atoms with Gasteiger partial charge in [-0.1, -0.05) is 35.9 Å². The smallest absolute Gasteiger partial charge is 0.294 e. The Kier molecular flexibility index (Phi) is 6.21. The predicted molar refractivity (Wildman–Crippen MR) is 128 cm³/mol. The number of hydrogen-bond acceptors (Lipinski definition) is 4. The Morgan fingerprint density at radius 2 is 1.81 bits per heavy atom. The number of carbonyl (C=O) groups is 3. The predicted octanol–water partition coefficient (Wildman–Crippen LogP) is 5.42. The zero-order valence-electron chi connectivity index (χ0n) is 17.5. The third-order valence-corrected chi connectivity index (χ3v) is 6.20. The number of aromatic nitrogens is 1. The fraction of sp³-hybridized carbons (Fsp3) is 0.125. The van der Waals surface area contributed by atoms with Gasteiger partial charge >= 0.3 is 0 Å². The molecule has 1 saturated heterocycles. The van der Waals surface area contributed by atoms with Gasteiger partial charge in [0, 0.05) is 27.8 Å². The van der Waals surface area contributed by atoms with Crippen LogP contribution in [-0.4, -0.2) is 33.1 Å². The fourth-order valence-corrected chi connectivity index (χ4v) is 4.62. The van der Waals surface area contributed by atoms with Crippen molar-refractivity contribution >= 4 is 52.2 Å². The number of benzene rings is 2. The number of thioether (sulfide) groups is 1. The van der Waals surface area contributed by atoms with Crippen molar-refractivity contribution in [3.05, 3.63) is 87.5 Å². The molecular formula is C24H20ClN3O3S. The molecule has 0 radical (unpaired) electrons. The second kappa shape index (κ2) is 9.06. The Hall–Kier alpha value is -3.29. The first-order valence-corrected chi connectivity index (χ1v) is 11.1. The quantitative estimate of drug-likeness (QED) is 0.510. The van der Waals surface area contributed by atoms with E-state index >= 15 is 0 Å². The Morgan fingerprint density at radius 3 is 2.53 bits per heavy atom. The van der Waals surface area contributed by atoms with E-state index in [1.165, 1.54) is 0 Å². The van der Waals surface area contributed by atoms with Crippen molar-refractivity contribution in [1.82, 2.24) is 9.47 Å². The maximum absolute atomic E-state index is 12.8. The molecule has 3 aromatic rings. The van der Waals surface area contributed by atoms with Crippen LogP contribution in [0, 0.1) is 13.8 Å². The van der Waals surface area contributed by atoms with Crippen LogP contribution in [-0.2, 0) is 9.59 Å². The normalized spacial score (nSPS) is 15.0. The molecule has 0 unspecified atom stereocenters. The number of aryl methyl sites for hydroxylation is 1. The molecule has 162 valence electrons. The van der Waals surface area contributed by atoms with Crippen LogP contribution in [0.4, 0.5) is 10.5 Å². The van der Waals surface area contributed by atoms with Crippen LogP contribution in [0.2, 0.25) is 5.02 Å². The van der Waals surface area contributed by atoms with E-state index in [0.717, 1.165) is 39.3 Å². The minimum Gasteiger partial charge on any atom is -0.324 e. The summed E-state index contributed by atoms with van der Waals surface area (Å²) in [5, 5.41) is 2.66. The van der Waals surface area contributed by atoms with Gasteiger partial charge in [-0.05, 0) is 73.6 Å². The van der Waals surface area contributed by atoms with Gasteiger partial charge in [0.15, 0.2) is 0 Å². The van der Waals surface area contributed by atoms with Gasteiger partial charge in [0.1, 0.15) is 6.54 Å². The standard InChI is InChI=1S/C24H20ClN3O3S/c1-15-11-17(16(2)28(15)20-9-4-3-5-10-20)12-21-23(30)27(24(31)32-21)14-22(29)26-19-8-6-7-18(25)13-19/h3-13H,14H2,1-2H3,(H,26,29)/b21-12+. The average molecular weight is 466 g/mol. The summed E-state index contributed by atoms with van der Waals surface area (Å²) in [4.78, 5) is 38.9. The van der Waals surface area contributed by atoms with Gasteiger partial charge in [-0.3, -0.25) is 19.3 Å². The second-order valence-electron chi connectivity index (χ2n) is 7.32. The molecule has 2 aromatic carbocycles. The highest BCUT2D eigenvalue weighted by molar-refractivity contribution is 8.18. The van der Waals surface area contributed by atoms with Gasteiger partial charge in [0.05, 0.1) is 4.91 Å². The molecule has 8 heteroatoms. The van der Waals surface area contributed by atoms with Crippen molar-refractivity contribution in [1.29, 1.82) is 0 Å². The number of para-hydroxylation sites is 1. The molecule has 1 N–H and O–H groups in total. The molecule has 0 spiro atoms. The van der Waals surface area contributed by atoms with Crippen LogP contribution in [0.15, 0.2) is 65.6 Å². The Bertz CT molecular complexity index is 1250. The van der Waals surface area contributed by atoms with Crippen LogP contribution >= 0.6 is 23.4 Å². The first-order valence-electron chi connectivity index (χ1n) is 9.88. The first kappa shape index (κ1) is 21.9. The van der Waals surface area contributed by atoms with Crippen molar-refractivity contribution < 1.29 is 14.4 Å². The third-order valence-electron chi connectivity index (χ3n) is 5.05. The molecule has 32 heavy (non-hydrogen) atoms. The maximum atomic E-state index is 12.8. The van der Waals surface area contributed by atoms with E-state index in [4.69, 9.17) is 11.6 Å². The number of amides is 3. The molecule has 0 atom stereocenters. The van der Waals surface area contributed by atoms with Crippen LogP contribution in [0.1, 0.15) is 17.0 Å². The molecule has 1 aliphatic heterocycles. The van der Waals surface area contributed by atoms with Crippen LogP contribution < -0.4 is 5.32 Å². The molecule has 1 fully saturated rings. The number of imide groups is 1. The van der Waals surface area contributed by atoms with Crippen LogP contribution in [0.5, 0.6) is 0 Å². The minimum absolute atomic E-state index is 0.291. The minimum atomic E-state index is -0.481. The number of nitrogens with zero attached hydrogens (tertiary/aromatic N) is 2. The zero-order valence-corrected chi connectivity index (χ0v) is 19.0. The van der Waals surface area contributed by atoms with Crippen LogP contribution in [0.25, 0.3) is 11.8 Å². The molecule has 1 aromatic heterocycles. The Balaban J connectivity index is 1.52. The summed E-state index contributed by atoms with van der Waals surface area (Å²) in [7, 11) is 0. The fourth-order valence-electron chi connectivity index (χ4n) is 3.60. The summed E-state index contributed by atoms with van der Waals surface area (Å²) in [6.07, 6.45) is 1.71. The van der Waals surface area contributed by atoms with E-state index in [2.05, 4.69) is 9.88 Å². The van der Waals surface area contributed by atoms with Crippen molar-refractivity contribution in [3.8, 4) is 5.69 Å². The largest absolute Gasteiger partial charge is 0.324 e. The highest BCUT2D eigenvalue weighted by Gasteiger charge is 2.36. The molecule has 2 heterocycles. The monoisotopic (exact) mass is 465 g/mol. The second-order valence-corrected chi connectivity index (χ2v) is 8.75. The lowest BCUT2D eigenvalue weighted by molar-refractivity contribution is -0.127. The molecule has 6 nitrogen and oxygen atoms in total. The number of hydrogen-bond donors (Lipinski definition) is 1. The van der Waals surface area contributed by atoms with Crippen molar-refractivity contribution in [2.75, 3.05) is 11.9 Å². The molecule has 0 aliphatic carbocycles. The number of nitrogens with one attached hydrogen (secondary N) is 1. The van der Waals surface area contributed by atoms with E-state index in [0.29, 0.717) is 15.6 Å². The highest BCUT2D eigenvalue weighted by atomic mass is 35.5. The maximum Gasteiger partial charge on any atom is 0.294 e. The summed E-state index contributed by atoms with van der Waals surface area (Å²) in [5.74, 6) is -0.955. The molecule has 1 aliphatic rings. The summed E-state index contributed by atoms with van der Waals surface area (Å²) in [6.45, 7) is 3.59. The summed E-state index contributed by atoms with van der Waals surface area (Å²) in [5.41, 5.74) is 4.34. The van der Waals surface area contributed by atoms with E-state index in [1.807, 2.05) is 50.2 Å².